The Balaban J connectivity index is 0.000000328. The zero-order valence-corrected chi connectivity index (χ0v) is 38.2. The van der Waals surface area contributed by atoms with Crippen molar-refractivity contribution in [2.24, 2.45) is 0 Å². The van der Waals surface area contributed by atoms with Gasteiger partial charge in [0, 0.05) is 52.2 Å². The highest BCUT2D eigenvalue weighted by Gasteiger charge is 2.04. The lowest BCUT2D eigenvalue weighted by Gasteiger charge is -2.09. The number of hydrogen-bond donors (Lipinski definition) is 0. The third kappa shape index (κ3) is 20.6. The molecule has 7 aromatic rings. The number of aromatic nitrogens is 10. The number of aryl methyl sites for hydroxylation is 15. The Kier molecular flexibility index (Phi) is 22.0. The topological polar surface area (TPSA) is 155 Å². The molecule has 0 saturated carbocycles. The average molecular weight is 801 g/mol. The molecule has 0 atom stereocenters. The van der Waals surface area contributed by atoms with Crippen molar-refractivity contribution >= 4 is 22.7 Å². The lowest BCUT2D eigenvalue weighted by atomic mass is 10.0. The van der Waals surface area contributed by atoms with Crippen LogP contribution in [0.4, 0.5) is 0 Å². The molecule has 0 aliphatic rings. The minimum atomic E-state index is 0.873. The summed E-state index contributed by atoms with van der Waals surface area (Å²) in [5.74, 6) is 1.75. The van der Waals surface area contributed by atoms with Gasteiger partial charge in [0.15, 0.2) is 0 Å². The molecule has 7 aromatic heterocycles. The maximum Gasteiger partial charge on any atom is 0.133 e. The van der Waals surface area contributed by atoms with E-state index in [0.717, 1.165) is 67.1 Å². The molecule has 0 fully saturated rings. The van der Waals surface area contributed by atoms with Crippen molar-refractivity contribution in [2.75, 3.05) is 0 Å². The van der Waals surface area contributed by atoms with E-state index in [1.165, 1.54) is 32.3 Å². The molecule has 0 aromatic carbocycles. The summed E-state index contributed by atoms with van der Waals surface area (Å²) >= 11 is 3.38. The molecule has 0 aliphatic heterocycles. The van der Waals surface area contributed by atoms with Gasteiger partial charge in [-0.15, -0.1) is 32.9 Å². The molecule has 12 nitrogen and oxygen atoms in total. The highest BCUT2D eigenvalue weighted by Crippen LogP contribution is 2.17. The maximum absolute atomic E-state index is 4.71. The van der Waals surface area contributed by atoms with Crippen LogP contribution >= 0.6 is 22.7 Å². The molecular formula is C42H60N10O2S2. The third-order valence-electron chi connectivity index (χ3n) is 7.65. The molecule has 0 aliphatic carbocycles. The molecule has 0 saturated heterocycles. The van der Waals surface area contributed by atoms with E-state index in [0.29, 0.717) is 0 Å². The minimum Gasteiger partial charge on any atom is -0.361 e. The molecule has 7 rings (SSSR count). The first-order valence-corrected chi connectivity index (χ1v) is 19.7. The van der Waals surface area contributed by atoms with Crippen LogP contribution in [0.25, 0.3) is 0 Å². The summed E-state index contributed by atoms with van der Waals surface area (Å²) in [6.45, 7) is 35.9. The number of pyridine rings is 1. The fourth-order valence-electron chi connectivity index (χ4n) is 4.30. The van der Waals surface area contributed by atoms with Crippen molar-refractivity contribution in [1.29, 1.82) is 0 Å². The second-order valence-corrected chi connectivity index (χ2v) is 15.9. The molecule has 14 heteroatoms. The smallest absolute Gasteiger partial charge is 0.133 e. The summed E-state index contributed by atoms with van der Waals surface area (Å²) in [5.41, 5.74) is 13.4. The molecule has 0 amide bonds. The zero-order valence-electron chi connectivity index (χ0n) is 36.6. The van der Waals surface area contributed by atoms with Crippen molar-refractivity contribution in [3.63, 3.8) is 0 Å². The Hall–Kier alpha value is -5.08. The van der Waals surface area contributed by atoms with Crippen LogP contribution in [0.15, 0.2) is 46.0 Å². The van der Waals surface area contributed by atoms with Crippen molar-refractivity contribution < 1.29 is 9.05 Å². The summed E-state index contributed by atoms with van der Waals surface area (Å²) < 4.78 is 9.43. The maximum atomic E-state index is 4.71. The van der Waals surface area contributed by atoms with Gasteiger partial charge in [0.25, 0.3) is 0 Å². The van der Waals surface area contributed by atoms with Crippen LogP contribution in [0.5, 0.6) is 0 Å². The van der Waals surface area contributed by atoms with Crippen molar-refractivity contribution in [2.45, 2.75) is 125 Å². The van der Waals surface area contributed by atoms with E-state index in [1.54, 1.807) is 41.4 Å². The highest BCUT2D eigenvalue weighted by atomic mass is 32.1. The predicted octanol–water partition coefficient (Wildman–Crippen LogP) is 10.6. The van der Waals surface area contributed by atoms with Crippen LogP contribution in [0.2, 0.25) is 0 Å². The van der Waals surface area contributed by atoms with Crippen LogP contribution in [-0.2, 0) is 0 Å². The van der Waals surface area contributed by atoms with Gasteiger partial charge >= 0.3 is 0 Å². The van der Waals surface area contributed by atoms with Crippen molar-refractivity contribution in [1.82, 2.24) is 50.4 Å². The van der Waals surface area contributed by atoms with Crippen molar-refractivity contribution in [3.05, 3.63) is 136 Å². The molecule has 0 radical (unpaired) electrons. The predicted molar refractivity (Wildman–Crippen MR) is 229 cm³/mol. The molecule has 0 unspecified atom stereocenters. The quantitative estimate of drug-likeness (QED) is 0.143. The molecule has 7 heterocycles. The van der Waals surface area contributed by atoms with Gasteiger partial charge in [-0.2, -0.15) is 0 Å². The molecule has 0 N–H and O–H groups in total. The van der Waals surface area contributed by atoms with E-state index in [4.69, 9.17) is 9.05 Å². The van der Waals surface area contributed by atoms with Gasteiger partial charge in [-0.3, -0.25) is 15.0 Å². The standard InChI is InChI=1S/C10H15N.2C6H8N2.C6H9NS.2C5H7NO.C4H6N2S/c1-6-7(2)9(4)11-10(5)8(6)3;1-5-3-8-6(2)4-7-5;1-5-3-6(2)8-4-7-5;1-4-5(2)8-6(3)7-4;2*1-4-3-5(2)7-6-4;1-3-5-6-4(2)7-3/h1-5H3;2*3-4H,1-2H3;1-3H3;2*3H,1-2H3;1-2H3. The number of thiazole rings is 1. The van der Waals surface area contributed by atoms with Gasteiger partial charge < -0.3 is 9.05 Å². The van der Waals surface area contributed by atoms with Crippen LogP contribution in [0, 0.1) is 125 Å². The second kappa shape index (κ2) is 25.2. The number of nitrogens with zero attached hydrogens (tertiary/aromatic N) is 10. The first-order valence-electron chi connectivity index (χ1n) is 18.1. The van der Waals surface area contributed by atoms with Crippen LogP contribution < -0.4 is 0 Å². The van der Waals surface area contributed by atoms with Crippen LogP contribution in [0.1, 0.15) is 99.4 Å². The Labute approximate surface area is 341 Å². The monoisotopic (exact) mass is 800 g/mol. The first-order chi connectivity index (χ1) is 26.2. The second-order valence-electron chi connectivity index (χ2n) is 13.1. The SMILES string of the molecule is Cc1cc(C)ncn1.Cc1cc(C)on1.Cc1cc(C)on1.Cc1cnc(C)cn1.Cc1nc(C)c(C)c(C)c1C.Cc1nc(C)c(C)s1.Cc1nnc(C)s1. The van der Waals surface area contributed by atoms with Gasteiger partial charge in [-0.05, 0) is 147 Å². The number of hydrogen-bond acceptors (Lipinski definition) is 14. The Morgan fingerprint density at radius 3 is 1.02 bits per heavy atom. The van der Waals surface area contributed by atoms with Crippen LogP contribution in [-0.4, -0.2) is 50.4 Å². The molecule has 0 spiro atoms. The largest absolute Gasteiger partial charge is 0.361 e. The van der Waals surface area contributed by atoms with Gasteiger partial charge in [-0.1, -0.05) is 10.3 Å². The van der Waals surface area contributed by atoms with Gasteiger partial charge in [0.2, 0.25) is 0 Å². The molecule has 302 valence electrons. The van der Waals surface area contributed by atoms with E-state index >= 15 is 0 Å². The first kappa shape index (κ1) is 48.9. The Morgan fingerprint density at radius 2 is 0.821 bits per heavy atom. The summed E-state index contributed by atoms with van der Waals surface area (Å²) in [4.78, 5) is 25.9. The molecular weight excluding hydrogens is 741 g/mol. The molecule has 56 heavy (non-hydrogen) atoms. The van der Waals surface area contributed by atoms with Gasteiger partial charge in [0.1, 0.15) is 27.9 Å². The Bertz CT molecular complexity index is 1940. The third-order valence-corrected chi connectivity index (χ3v) is 9.39. The van der Waals surface area contributed by atoms with E-state index in [1.807, 2.05) is 101 Å². The Morgan fingerprint density at radius 1 is 0.393 bits per heavy atom. The van der Waals surface area contributed by atoms with E-state index in [9.17, 15) is 0 Å². The average Bonchev–Trinajstić information content (AvgIpc) is 3.90. The van der Waals surface area contributed by atoms with E-state index in [-0.39, 0.29) is 0 Å². The van der Waals surface area contributed by atoms with Gasteiger partial charge in [-0.25, -0.2) is 15.0 Å². The van der Waals surface area contributed by atoms with Crippen LogP contribution in [0.3, 0.4) is 0 Å². The van der Waals surface area contributed by atoms with Gasteiger partial charge in [0.05, 0.1) is 33.5 Å². The fraction of sp³-hybridized carbons (Fsp3) is 0.429. The van der Waals surface area contributed by atoms with Crippen molar-refractivity contribution in [3.8, 4) is 0 Å². The van der Waals surface area contributed by atoms with E-state index < -0.39 is 0 Å². The molecule has 0 bridgehead atoms. The fourth-order valence-corrected chi connectivity index (χ4v) is 5.71. The summed E-state index contributed by atoms with van der Waals surface area (Å²) in [6, 6.07) is 5.72. The summed E-state index contributed by atoms with van der Waals surface area (Å²) in [6.07, 6.45) is 5.09. The number of rotatable bonds is 0. The normalized spacial score (nSPS) is 9.61. The summed E-state index contributed by atoms with van der Waals surface area (Å²) in [7, 11) is 0. The minimum absolute atomic E-state index is 0.873. The lowest BCUT2D eigenvalue weighted by molar-refractivity contribution is 0.393. The zero-order chi connectivity index (χ0) is 42.5. The van der Waals surface area contributed by atoms with E-state index in [2.05, 4.69) is 92.0 Å². The lowest BCUT2D eigenvalue weighted by Crippen LogP contribution is -1.98. The highest BCUT2D eigenvalue weighted by molar-refractivity contribution is 7.11. The summed E-state index contributed by atoms with van der Waals surface area (Å²) in [5, 5.41) is 18.1.